The maximum Gasteiger partial charge on any atom is 0.328 e. The normalized spacial score (nSPS) is 15.8. The van der Waals surface area contributed by atoms with Crippen molar-refractivity contribution < 1.29 is 9.72 Å². The number of nitrogens with zero attached hydrogens (tertiary/aromatic N) is 4. The summed E-state index contributed by atoms with van der Waals surface area (Å²) in [6, 6.07) is 4.79. The highest BCUT2D eigenvalue weighted by atomic mass is 16.6. The molecule has 0 radical (unpaired) electrons. The fraction of sp³-hybridized carbons (Fsp3) is 0.412. The van der Waals surface area contributed by atoms with E-state index in [1.54, 1.807) is 28.6 Å². The molecular weight excluding hydrogens is 324 g/mol. The number of nitro benzene ring substituents is 1. The van der Waals surface area contributed by atoms with Gasteiger partial charge in [-0.25, -0.2) is 4.79 Å². The van der Waals surface area contributed by atoms with Crippen molar-refractivity contribution in [2.75, 3.05) is 11.4 Å². The van der Waals surface area contributed by atoms with Crippen molar-refractivity contribution in [2.24, 2.45) is 7.05 Å². The van der Waals surface area contributed by atoms with Crippen molar-refractivity contribution in [1.82, 2.24) is 9.13 Å². The zero-order valence-corrected chi connectivity index (χ0v) is 13.9. The number of rotatable bonds is 2. The monoisotopic (exact) mass is 342 g/mol. The number of anilines is 1. The SMILES string of the molecule is Cn1c(C(=O)N2CCc3c2cccc3[N+](=O)[O-])c2n(c1=O)CCCC2. The van der Waals surface area contributed by atoms with E-state index in [0.29, 0.717) is 42.9 Å². The Morgan fingerprint density at radius 3 is 2.76 bits per heavy atom. The number of imidazole rings is 1. The summed E-state index contributed by atoms with van der Waals surface area (Å²) in [4.78, 5) is 37.9. The molecule has 0 fully saturated rings. The molecule has 8 nitrogen and oxygen atoms in total. The summed E-state index contributed by atoms with van der Waals surface area (Å²) >= 11 is 0. The Morgan fingerprint density at radius 1 is 1.20 bits per heavy atom. The number of amides is 1. The molecule has 0 bridgehead atoms. The van der Waals surface area contributed by atoms with E-state index in [1.807, 2.05) is 0 Å². The van der Waals surface area contributed by atoms with Crippen molar-refractivity contribution in [3.8, 4) is 0 Å². The zero-order chi connectivity index (χ0) is 17.7. The second-order valence-electron chi connectivity index (χ2n) is 6.48. The molecule has 1 aromatic carbocycles. The molecule has 0 unspecified atom stereocenters. The van der Waals surface area contributed by atoms with Crippen LogP contribution in [0.5, 0.6) is 0 Å². The lowest BCUT2D eigenvalue weighted by Gasteiger charge is -2.19. The number of hydrogen-bond acceptors (Lipinski definition) is 4. The van der Waals surface area contributed by atoms with Gasteiger partial charge >= 0.3 is 5.69 Å². The minimum atomic E-state index is -0.414. The van der Waals surface area contributed by atoms with Crippen molar-refractivity contribution in [3.63, 3.8) is 0 Å². The van der Waals surface area contributed by atoms with Crippen LogP contribution >= 0.6 is 0 Å². The molecule has 0 atom stereocenters. The summed E-state index contributed by atoms with van der Waals surface area (Å²) in [5.74, 6) is -0.255. The summed E-state index contributed by atoms with van der Waals surface area (Å²) in [7, 11) is 1.62. The van der Waals surface area contributed by atoms with Crippen LogP contribution in [0.3, 0.4) is 0 Å². The standard InChI is InChI=1S/C17H18N4O4/c1-18-15(14-5-2-3-9-20(14)17(18)23)16(22)19-10-8-11-12(19)6-4-7-13(11)21(24)25/h4,6-7H,2-3,5,8-10H2,1H3. The molecule has 4 rings (SSSR count). The van der Waals surface area contributed by atoms with Gasteiger partial charge in [0, 0.05) is 26.2 Å². The van der Waals surface area contributed by atoms with Crippen molar-refractivity contribution in [3.05, 3.63) is 55.7 Å². The Hall–Kier alpha value is -2.90. The Balaban J connectivity index is 1.80. The largest absolute Gasteiger partial charge is 0.328 e. The Kier molecular flexibility index (Phi) is 3.48. The van der Waals surface area contributed by atoms with Gasteiger partial charge in [0.05, 0.1) is 21.9 Å². The molecular formula is C17H18N4O4. The van der Waals surface area contributed by atoms with Crippen LogP contribution in [-0.4, -0.2) is 26.5 Å². The van der Waals surface area contributed by atoms with Crippen molar-refractivity contribution in [2.45, 2.75) is 32.2 Å². The number of hydrogen-bond donors (Lipinski definition) is 0. The fourth-order valence-corrected chi connectivity index (χ4v) is 3.95. The smallest absolute Gasteiger partial charge is 0.306 e. The van der Waals surface area contributed by atoms with Crippen LogP contribution in [0.1, 0.15) is 34.6 Å². The van der Waals surface area contributed by atoms with Gasteiger partial charge in [0.25, 0.3) is 11.6 Å². The second-order valence-corrected chi connectivity index (χ2v) is 6.48. The zero-order valence-electron chi connectivity index (χ0n) is 13.9. The van der Waals surface area contributed by atoms with Gasteiger partial charge in [0.2, 0.25) is 0 Å². The van der Waals surface area contributed by atoms with Gasteiger partial charge in [-0.15, -0.1) is 0 Å². The third-order valence-corrected chi connectivity index (χ3v) is 5.14. The van der Waals surface area contributed by atoms with Crippen LogP contribution in [0.25, 0.3) is 0 Å². The average molecular weight is 342 g/mol. The lowest BCUT2D eigenvalue weighted by Crippen LogP contribution is -2.32. The highest BCUT2D eigenvalue weighted by Gasteiger charge is 2.34. The summed E-state index contributed by atoms with van der Waals surface area (Å²) in [5, 5.41) is 11.2. The molecule has 2 aliphatic rings. The van der Waals surface area contributed by atoms with Gasteiger partial charge in [0.15, 0.2) is 0 Å². The van der Waals surface area contributed by atoms with Crippen molar-refractivity contribution in [1.29, 1.82) is 0 Å². The van der Waals surface area contributed by atoms with E-state index in [0.717, 1.165) is 18.5 Å². The van der Waals surface area contributed by atoms with Gasteiger partial charge in [-0.3, -0.25) is 24.0 Å². The molecule has 1 amide bonds. The minimum absolute atomic E-state index is 0.0422. The van der Waals surface area contributed by atoms with E-state index in [9.17, 15) is 19.7 Å². The third kappa shape index (κ3) is 2.20. The summed E-state index contributed by atoms with van der Waals surface area (Å²) in [6.45, 7) is 1.02. The molecule has 8 heteroatoms. The molecule has 0 aliphatic carbocycles. The van der Waals surface area contributed by atoms with Crippen LogP contribution in [0, 0.1) is 10.1 Å². The Bertz CT molecular complexity index is 956. The number of aromatic nitrogens is 2. The summed E-state index contributed by atoms with van der Waals surface area (Å²) in [6.07, 6.45) is 3.03. The maximum atomic E-state index is 13.2. The first-order valence-electron chi connectivity index (χ1n) is 8.37. The van der Waals surface area contributed by atoms with E-state index >= 15 is 0 Å². The third-order valence-electron chi connectivity index (χ3n) is 5.14. The number of carbonyl (C=O) groups excluding carboxylic acids is 1. The number of carbonyl (C=O) groups is 1. The molecule has 130 valence electrons. The first-order valence-corrected chi connectivity index (χ1v) is 8.37. The molecule has 3 heterocycles. The quantitative estimate of drug-likeness (QED) is 0.613. The predicted molar refractivity (Wildman–Crippen MR) is 91.1 cm³/mol. The first kappa shape index (κ1) is 15.6. The molecule has 0 saturated carbocycles. The van der Waals surface area contributed by atoms with E-state index in [-0.39, 0.29) is 17.3 Å². The Morgan fingerprint density at radius 2 is 2.00 bits per heavy atom. The van der Waals surface area contributed by atoms with Crippen LogP contribution < -0.4 is 10.6 Å². The van der Waals surface area contributed by atoms with Gasteiger partial charge < -0.3 is 4.90 Å². The molecule has 0 saturated heterocycles. The van der Waals surface area contributed by atoms with Gasteiger partial charge in [0.1, 0.15) is 5.69 Å². The van der Waals surface area contributed by atoms with Crippen LogP contribution in [-0.2, 0) is 26.4 Å². The van der Waals surface area contributed by atoms with Gasteiger partial charge in [-0.1, -0.05) is 6.07 Å². The van der Waals surface area contributed by atoms with Gasteiger partial charge in [-0.05, 0) is 31.7 Å². The fourth-order valence-electron chi connectivity index (χ4n) is 3.95. The molecule has 2 aliphatic heterocycles. The number of nitro groups is 1. The highest BCUT2D eigenvalue weighted by Crippen LogP contribution is 2.36. The predicted octanol–water partition coefficient (Wildman–Crippen LogP) is 1.63. The molecule has 0 spiro atoms. The lowest BCUT2D eigenvalue weighted by molar-refractivity contribution is -0.385. The van der Waals surface area contributed by atoms with E-state index in [2.05, 4.69) is 0 Å². The summed E-state index contributed by atoms with van der Waals surface area (Å²) in [5.41, 5.74) is 2.21. The van der Waals surface area contributed by atoms with Crippen molar-refractivity contribution >= 4 is 17.3 Å². The first-order chi connectivity index (χ1) is 12.0. The number of benzene rings is 1. The molecule has 2 aromatic rings. The second kappa shape index (κ2) is 5.58. The van der Waals surface area contributed by atoms with E-state index in [1.165, 1.54) is 10.6 Å². The average Bonchev–Trinajstić information content (AvgIpc) is 3.15. The Labute approximate surface area is 143 Å². The van der Waals surface area contributed by atoms with E-state index < -0.39 is 4.92 Å². The highest BCUT2D eigenvalue weighted by molar-refractivity contribution is 6.07. The minimum Gasteiger partial charge on any atom is -0.306 e. The van der Waals surface area contributed by atoms with Crippen LogP contribution in [0.4, 0.5) is 11.4 Å². The number of fused-ring (bicyclic) bond motifs is 2. The van der Waals surface area contributed by atoms with Gasteiger partial charge in [-0.2, -0.15) is 0 Å². The van der Waals surface area contributed by atoms with Crippen LogP contribution in [0.15, 0.2) is 23.0 Å². The van der Waals surface area contributed by atoms with Crippen LogP contribution in [0.2, 0.25) is 0 Å². The molecule has 25 heavy (non-hydrogen) atoms. The summed E-state index contributed by atoms with van der Waals surface area (Å²) < 4.78 is 3.10. The molecule has 1 aromatic heterocycles. The van der Waals surface area contributed by atoms with E-state index in [4.69, 9.17) is 0 Å². The topological polar surface area (TPSA) is 90.4 Å². The molecule has 0 N–H and O–H groups in total. The maximum absolute atomic E-state index is 13.2. The lowest BCUT2D eigenvalue weighted by atomic mass is 10.1.